The Kier molecular flexibility index (Phi) is 7.78. The highest BCUT2D eigenvalue weighted by Crippen LogP contribution is 2.08. The maximum Gasteiger partial charge on any atom is 0.234 e. The molecule has 3 N–H and O–H groups in total. The topological polar surface area (TPSA) is 67.6 Å². The number of rotatable bonds is 5. The Labute approximate surface area is 116 Å². The molecule has 0 radical (unpaired) electrons. The fourth-order valence-corrected chi connectivity index (χ4v) is 1.78. The molecule has 108 valence electrons. The second-order valence-electron chi connectivity index (χ2n) is 5.25. The van der Waals surface area contributed by atoms with Crippen molar-refractivity contribution >= 4 is 18.3 Å². The Morgan fingerprint density at radius 3 is 2.78 bits per heavy atom. The van der Waals surface area contributed by atoms with E-state index in [1.165, 1.54) is 0 Å². The Morgan fingerprint density at radius 2 is 2.22 bits per heavy atom. The van der Waals surface area contributed by atoms with Gasteiger partial charge in [-0.15, -0.1) is 12.4 Å². The summed E-state index contributed by atoms with van der Waals surface area (Å²) in [5.41, 5.74) is 5.44. The highest BCUT2D eigenvalue weighted by molar-refractivity contribution is 5.85. The van der Waals surface area contributed by atoms with E-state index in [4.69, 9.17) is 10.5 Å². The van der Waals surface area contributed by atoms with Crippen LogP contribution in [0, 0.1) is 0 Å². The van der Waals surface area contributed by atoms with Crippen molar-refractivity contribution in [1.29, 1.82) is 0 Å². The number of hydrogen-bond acceptors (Lipinski definition) is 4. The molecule has 5 nitrogen and oxygen atoms in total. The molecule has 1 atom stereocenters. The summed E-state index contributed by atoms with van der Waals surface area (Å²) in [6.07, 6.45) is 0.989. The fraction of sp³-hybridized carbons (Fsp3) is 0.917. The lowest BCUT2D eigenvalue weighted by molar-refractivity contribution is -0.125. The van der Waals surface area contributed by atoms with E-state index in [1.54, 1.807) is 0 Å². The SMILES string of the molecule is CCC(C)(C)NC(=O)CN1CCOC(CN)C1.Cl. The van der Waals surface area contributed by atoms with Gasteiger partial charge in [-0.3, -0.25) is 9.69 Å². The quantitative estimate of drug-likeness (QED) is 0.763. The molecule has 0 saturated carbocycles. The number of carbonyl (C=O) groups is 1. The lowest BCUT2D eigenvalue weighted by Gasteiger charge is -2.33. The maximum atomic E-state index is 11.9. The first kappa shape index (κ1) is 17.6. The van der Waals surface area contributed by atoms with E-state index in [-0.39, 0.29) is 30.0 Å². The minimum atomic E-state index is -0.128. The van der Waals surface area contributed by atoms with E-state index in [9.17, 15) is 4.79 Å². The first-order chi connectivity index (χ1) is 7.96. The second kappa shape index (κ2) is 7.94. The van der Waals surface area contributed by atoms with Crippen LogP contribution in [0.2, 0.25) is 0 Å². The number of nitrogens with two attached hydrogens (primary N) is 1. The van der Waals surface area contributed by atoms with Gasteiger partial charge < -0.3 is 15.8 Å². The molecular weight excluding hydrogens is 254 g/mol. The maximum absolute atomic E-state index is 11.9. The highest BCUT2D eigenvalue weighted by atomic mass is 35.5. The van der Waals surface area contributed by atoms with Crippen LogP contribution < -0.4 is 11.1 Å². The first-order valence-electron chi connectivity index (χ1n) is 6.32. The molecule has 0 spiro atoms. The number of ether oxygens (including phenoxy) is 1. The van der Waals surface area contributed by atoms with Gasteiger partial charge in [-0.05, 0) is 20.3 Å². The summed E-state index contributed by atoms with van der Waals surface area (Å²) in [6.45, 7) is 9.29. The zero-order chi connectivity index (χ0) is 12.9. The van der Waals surface area contributed by atoms with Crippen molar-refractivity contribution in [3.63, 3.8) is 0 Å². The van der Waals surface area contributed by atoms with Crippen LogP contribution >= 0.6 is 12.4 Å². The zero-order valence-electron chi connectivity index (χ0n) is 11.6. The van der Waals surface area contributed by atoms with E-state index < -0.39 is 0 Å². The average molecular weight is 280 g/mol. The minimum Gasteiger partial charge on any atom is -0.374 e. The highest BCUT2D eigenvalue weighted by Gasteiger charge is 2.23. The number of carbonyl (C=O) groups excluding carboxylic acids is 1. The molecule has 1 aliphatic heterocycles. The predicted octanol–water partition coefficient (Wildman–Crippen LogP) is 0.373. The lowest BCUT2D eigenvalue weighted by Crippen LogP contribution is -2.52. The van der Waals surface area contributed by atoms with E-state index in [0.29, 0.717) is 19.7 Å². The number of hydrogen-bond donors (Lipinski definition) is 2. The number of nitrogens with zero attached hydrogens (tertiary/aromatic N) is 1. The predicted molar refractivity (Wildman–Crippen MR) is 75.0 cm³/mol. The van der Waals surface area contributed by atoms with Crippen molar-refractivity contribution in [3.05, 3.63) is 0 Å². The standard InChI is InChI=1S/C12H25N3O2.ClH/c1-4-12(2,3)14-11(16)9-15-5-6-17-10(7-13)8-15;/h10H,4-9,13H2,1-3H3,(H,14,16);1H. The van der Waals surface area contributed by atoms with E-state index in [1.807, 2.05) is 13.8 Å². The van der Waals surface area contributed by atoms with Crippen LogP contribution in [-0.2, 0) is 9.53 Å². The molecule has 1 rings (SSSR count). The fourth-order valence-electron chi connectivity index (χ4n) is 1.78. The van der Waals surface area contributed by atoms with Crippen LogP contribution in [0.3, 0.4) is 0 Å². The summed E-state index contributed by atoms with van der Waals surface area (Å²) >= 11 is 0. The largest absolute Gasteiger partial charge is 0.374 e. The zero-order valence-corrected chi connectivity index (χ0v) is 12.4. The molecular formula is C12H26ClN3O2. The smallest absolute Gasteiger partial charge is 0.234 e. The van der Waals surface area contributed by atoms with Gasteiger partial charge in [0.1, 0.15) is 0 Å². The van der Waals surface area contributed by atoms with Crippen LogP contribution in [0.4, 0.5) is 0 Å². The molecule has 1 heterocycles. The summed E-state index contributed by atoms with van der Waals surface area (Å²) in [5.74, 6) is 0.0783. The second-order valence-corrected chi connectivity index (χ2v) is 5.25. The molecule has 1 saturated heterocycles. The first-order valence-corrected chi connectivity index (χ1v) is 6.32. The molecule has 1 aliphatic rings. The van der Waals surface area contributed by atoms with Crippen LogP contribution in [-0.4, -0.2) is 55.2 Å². The van der Waals surface area contributed by atoms with Crippen molar-refractivity contribution in [2.24, 2.45) is 5.73 Å². The van der Waals surface area contributed by atoms with Gasteiger partial charge in [0.15, 0.2) is 0 Å². The van der Waals surface area contributed by atoms with Gasteiger partial charge >= 0.3 is 0 Å². The number of halogens is 1. The van der Waals surface area contributed by atoms with Gasteiger partial charge in [0.2, 0.25) is 5.91 Å². The number of morpholine rings is 1. The van der Waals surface area contributed by atoms with Crippen LogP contribution in [0.15, 0.2) is 0 Å². The Balaban J connectivity index is 0.00000289. The summed E-state index contributed by atoms with van der Waals surface area (Å²) < 4.78 is 5.46. The van der Waals surface area contributed by atoms with Crippen molar-refractivity contribution < 1.29 is 9.53 Å². The summed E-state index contributed by atoms with van der Waals surface area (Å²) in [5, 5.41) is 3.03. The molecule has 0 aliphatic carbocycles. The average Bonchev–Trinajstić information content (AvgIpc) is 2.28. The number of nitrogens with one attached hydrogen (secondary N) is 1. The number of amides is 1. The van der Waals surface area contributed by atoms with Gasteiger partial charge in [-0.1, -0.05) is 6.92 Å². The van der Waals surface area contributed by atoms with Crippen molar-refractivity contribution in [3.8, 4) is 0 Å². The molecule has 0 bridgehead atoms. The van der Waals surface area contributed by atoms with Crippen LogP contribution in [0.25, 0.3) is 0 Å². The molecule has 1 unspecified atom stereocenters. The third-order valence-electron chi connectivity index (χ3n) is 3.21. The summed E-state index contributed by atoms with van der Waals surface area (Å²) in [4.78, 5) is 14.0. The van der Waals surface area contributed by atoms with Gasteiger partial charge in [-0.2, -0.15) is 0 Å². The molecule has 0 aromatic heterocycles. The van der Waals surface area contributed by atoms with E-state index in [2.05, 4.69) is 17.1 Å². The monoisotopic (exact) mass is 279 g/mol. The van der Waals surface area contributed by atoms with Crippen LogP contribution in [0.1, 0.15) is 27.2 Å². The third kappa shape index (κ3) is 6.00. The molecule has 6 heteroatoms. The van der Waals surface area contributed by atoms with Gasteiger partial charge in [0, 0.05) is 25.2 Å². The Hall–Kier alpha value is -0.360. The minimum absolute atomic E-state index is 0. The lowest BCUT2D eigenvalue weighted by atomic mass is 10.0. The van der Waals surface area contributed by atoms with E-state index >= 15 is 0 Å². The Bertz CT molecular complexity index is 262. The normalized spacial score (nSPS) is 21.2. The van der Waals surface area contributed by atoms with Gasteiger partial charge in [-0.25, -0.2) is 0 Å². The molecule has 18 heavy (non-hydrogen) atoms. The summed E-state index contributed by atoms with van der Waals surface area (Å²) in [6, 6.07) is 0. The van der Waals surface area contributed by atoms with Crippen molar-refractivity contribution in [2.75, 3.05) is 32.8 Å². The molecule has 0 aromatic carbocycles. The van der Waals surface area contributed by atoms with Crippen molar-refractivity contribution in [2.45, 2.75) is 38.8 Å². The van der Waals surface area contributed by atoms with Crippen molar-refractivity contribution in [1.82, 2.24) is 10.2 Å². The molecule has 1 fully saturated rings. The van der Waals surface area contributed by atoms with Gasteiger partial charge in [0.25, 0.3) is 0 Å². The third-order valence-corrected chi connectivity index (χ3v) is 3.21. The Morgan fingerprint density at radius 1 is 1.56 bits per heavy atom. The van der Waals surface area contributed by atoms with Gasteiger partial charge in [0.05, 0.1) is 19.3 Å². The van der Waals surface area contributed by atoms with E-state index in [0.717, 1.165) is 19.5 Å². The van der Waals surface area contributed by atoms with Crippen LogP contribution in [0.5, 0.6) is 0 Å². The summed E-state index contributed by atoms with van der Waals surface area (Å²) in [7, 11) is 0. The molecule has 1 amide bonds. The molecule has 0 aromatic rings.